The minimum atomic E-state index is -6.09. The van der Waals surface area contributed by atoms with Crippen LogP contribution in [0.1, 0.15) is 0 Å². The van der Waals surface area contributed by atoms with Crippen molar-refractivity contribution in [1.29, 1.82) is 0 Å². The van der Waals surface area contributed by atoms with Gasteiger partial charge in [-0.3, -0.25) is 0 Å². The van der Waals surface area contributed by atoms with Gasteiger partial charge in [0.25, 0.3) is 0 Å². The normalized spacial score (nSPS) is 11.7. The van der Waals surface area contributed by atoms with Crippen LogP contribution in [0.5, 0.6) is 0 Å². The van der Waals surface area contributed by atoms with Crippen molar-refractivity contribution in [3.63, 3.8) is 0 Å². The third-order valence-electron chi connectivity index (χ3n) is 3.43. The van der Waals surface area contributed by atoms with Crippen molar-refractivity contribution in [2.24, 2.45) is 0 Å². The molecule has 3 aromatic carbocycles. The summed E-state index contributed by atoms with van der Waals surface area (Å²) < 4.78 is 98.4. The van der Waals surface area contributed by atoms with Gasteiger partial charge in [-0.2, -0.15) is 13.2 Å². The van der Waals surface area contributed by atoms with Crippen molar-refractivity contribution >= 4 is 21.0 Å². The van der Waals surface area contributed by atoms with E-state index in [1.54, 1.807) is 36.4 Å². The average Bonchev–Trinajstić information content (AvgIpc) is 2.65. The van der Waals surface area contributed by atoms with Gasteiger partial charge in [0, 0.05) is 0 Å². The van der Waals surface area contributed by atoms with Crippen LogP contribution < -0.4 is 0 Å². The lowest BCUT2D eigenvalue weighted by Gasteiger charge is -2.08. The molecule has 0 saturated heterocycles. The van der Waals surface area contributed by atoms with Crippen LogP contribution in [0.2, 0.25) is 0 Å². The number of hydrogen-bond acceptors (Lipinski definition) is 3. The fourth-order valence-corrected chi connectivity index (χ4v) is 4.16. The first-order valence-electron chi connectivity index (χ1n) is 7.91. The summed E-state index contributed by atoms with van der Waals surface area (Å²) in [5.41, 5.74) is -5.65. The Morgan fingerprint density at radius 3 is 0.967 bits per heavy atom. The topological polar surface area (TPSA) is 57.2 Å². The van der Waals surface area contributed by atoms with Crippen LogP contribution >= 0.6 is 0 Å². The van der Waals surface area contributed by atoms with Gasteiger partial charge < -0.3 is 4.55 Å². The molecule has 30 heavy (non-hydrogen) atoms. The maximum absolute atomic E-state index is 13.2. The Hall–Kier alpha value is -2.50. The van der Waals surface area contributed by atoms with Gasteiger partial charge in [0.2, 0.25) is 0 Å². The van der Waals surface area contributed by atoms with E-state index in [1.807, 2.05) is 0 Å². The third kappa shape index (κ3) is 6.51. The molecule has 0 aliphatic heterocycles. The molecule has 160 valence electrons. The lowest BCUT2D eigenvalue weighted by Crippen LogP contribution is -2.21. The number of benzene rings is 3. The van der Waals surface area contributed by atoms with E-state index >= 15 is 0 Å². The zero-order chi connectivity index (χ0) is 22.5. The maximum Gasteiger partial charge on any atom is 0.485 e. The first-order chi connectivity index (χ1) is 13.9. The van der Waals surface area contributed by atoms with E-state index in [0.717, 1.165) is 14.7 Å². The highest BCUT2D eigenvalue weighted by molar-refractivity contribution is 7.97. The van der Waals surface area contributed by atoms with Crippen LogP contribution in [0.4, 0.5) is 26.3 Å². The summed E-state index contributed by atoms with van der Waals surface area (Å²) in [4.78, 5) is 2.67. The Balaban J connectivity index is 0.000000343. The summed E-state index contributed by atoms with van der Waals surface area (Å²) in [5, 5.41) is 0. The van der Waals surface area contributed by atoms with Gasteiger partial charge in [-0.25, -0.2) is 21.6 Å². The van der Waals surface area contributed by atoms with E-state index in [0.29, 0.717) is 0 Å². The molecule has 0 atom stereocenters. The highest BCUT2D eigenvalue weighted by Crippen LogP contribution is 2.31. The molecular weight excluding hydrogens is 454 g/mol. The second-order valence-electron chi connectivity index (χ2n) is 5.57. The van der Waals surface area contributed by atoms with Gasteiger partial charge in [-0.15, -0.1) is 0 Å². The second-order valence-corrected chi connectivity index (χ2v) is 8.97. The average molecular weight is 466 g/mol. The SMILES string of the molecule is Fc1ccc([S+](c2ccc(F)cc2)c2ccc(F)cc2)cc1.O=S(=O)([O-])C(F)(F)F. The molecule has 0 aliphatic carbocycles. The molecule has 0 N–H and O–H groups in total. The first-order valence-corrected chi connectivity index (χ1v) is 10.5. The summed E-state index contributed by atoms with van der Waals surface area (Å²) in [6, 6.07) is 18.5. The third-order valence-corrected chi connectivity index (χ3v) is 6.23. The molecule has 0 unspecified atom stereocenters. The van der Waals surface area contributed by atoms with Gasteiger partial charge >= 0.3 is 5.51 Å². The smallest absolute Gasteiger partial charge is 0.485 e. The van der Waals surface area contributed by atoms with Gasteiger partial charge in [0.15, 0.2) is 24.8 Å². The highest BCUT2D eigenvalue weighted by atomic mass is 32.2. The molecule has 0 amide bonds. The molecule has 0 radical (unpaired) electrons. The van der Waals surface area contributed by atoms with E-state index in [1.165, 1.54) is 36.4 Å². The Labute approximate surface area is 171 Å². The van der Waals surface area contributed by atoms with Crippen molar-refractivity contribution in [2.45, 2.75) is 20.2 Å². The van der Waals surface area contributed by atoms with Crippen LogP contribution in [0.3, 0.4) is 0 Å². The monoisotopic (exact) mass is 466 g/mol. The predicted octanol–water partition coefficient (Wildman–Crippen LogP) is 5.25. The first kappa shape index (κ1) is 23.8. The second kappa shape index (κ2) is 9.54. The standard InChI is InChI=1S/C18H12F3S.CHF3O3S/c19-13-1-7-16(8-2-13)22(17-9-3-14(20)4-10-17)18-11-5-15(21)6-12-18;2-1(3,4)8(5,6)7/h1-12H;(H,5,6,7)/q+1;/p-1. The quantitative estimate of drug-likeness (QED) is 0.229. The lowest BCUT2D eigenvalue weighted by atomic mass is 10.3. The van der Waals surface area contributed by atoms with E-state index in [9.17, 15) is 26.3 Å². The van der Waals surface area contributed by atoms with Crippen molar-refractivity contribution in [3.8, 4) is 0 Å². The Morgan fingerprint density at radius 2 is 0.800 bits per heavy atom. The Kier molecular flexibility index (Phi) is 7.56. The maximum atomic E-state index is 13.2. The summed E-state index contributed by atoms with van der Waals surface area (Å²) in [7, 11) is -6.63. The summed E-state index contributed by atoms with van der Waals surface area (Å²) in [5.74, 6) is -0.943. The van der Waals surface area contributed by atoms with E-state index < -0.39 is 26.5 Å². The summed E-state index contributed by atoms with van der Waals surface area (Å²) in [6.07, 6.45) is 0. The largest absolute Gasteiger partial charge is 0.741 e. The molecule has 3 nitrogen and oxygen atoms in total. The van der Waals surface area contributed by atoms with Crippen molar-refractivity contribution < 1.29 is 39.3 Å². The fourth-order valence-electron chi connectivity index (χ4n) is 2.12. The van der Waals surface area contributed by atoms with Gasteiger partial charge in [0.05, 0.1) is 10.9 Å². The molecule has 0 heterocycles. The summed E-state index contributed by atoms with van der Waals surface area (Å²) >= 11 is 0. The van der Waals surface area contributed by atoms with Crippen LogP contribution in [0.25, 0.3) is 0 Å². The highest BCUT2D eigenvalue weighted by Gasteiger charge is 2.37. The molecule has 11 heteroatoms. The van der Waals surface area contributed by atoms with E-state index in [4.69, 9.17) is 13.0 Å². The number of halogens is 6. The molecule has 3 rings (SSSR count). The van der Waals surface area contributed by atoms with Gasteiger partial charge in [-0.1, -0.05) is 0 Å². The fraction of sp³-hybridized carbons (Fsp3) is 0.0526. The minimum Gasteiger partial charge on any atom is -0.741 e. The van der Waals surface area contributed by atoms with Gasteiger partial charge in [-0.05, 0) is 72.8 Å². The molecule has 0 aromatic heterocycles. The molecule has 0 saturated carbocycles. The van der Waals surface area contributed by atoms with Crippen LogP contribution in [-0.2, 0) is 21.0 Å². The Morgan fingerprint density at radius 1 is 0.600 bits per heavy atom. The van der Waals surface area contributed by atoms with Crippen molar-refractivity contribution in [2.75, 3.05) is 0 Å². The minimum absolute atomic E-state index is 0.314. The van der Waals surface area contributed by atoms with Crippen LogP contribution in [-0.4, -0.2) is 18.5 Å². The van der Waals surface area contributed by atoms with Crippen LogP contribution in [0, 0.1) is 17.5 Å². The molecule has 3 aromatic rings. The molecule has 0 spiro atoms. The summed E-state index contributed by atoms with van der Waals surface area (Å²) in [6.45, 7) is 0. The van der Waals surface area contributed by atoms with E-state index in [2.05, 4.69) is 0 Å². The molecule has 0 aliphatic rings. The molecule has 0 fully saturated rings. The van der Waals surface area contributed by atoms with Crippen LogP contribution in [0.15, 0.2) is 87.5 Å². The number of rotatable bonds is 3. The van der Waals surface area contributed by atoms with Crippen molar-refractivity contribution in [1.82, 2.24) is 0 Å². The van der Waals surface area contributed by atoms with Gasteiger partial charge in [0.1, 0.15) is 17.5 Å². The predicted molar refractivity (Wildman–Crippen MR) is 97.1 cm³/mol. The Bertz CT molecular complexity index is 957. The van der Waals surface area contributed by atoms with Crippen molar-refractivity contribution in [3.05, 3.63) is 90.2 Å². The number of hydrogen-bond donors (Lipinski definition) is 0. The zero-order valence-corrected chi connectivity index (χ0v) is 16.4. The van der Waals surface area contributed by atoms with E-state index in [-0.39, 0.29) is 17.5 Å². The zero-order valence-electron chi connectivity index (χ0n) is 14.7. The molecule has 0 bridgehead atoms. The lowest BCUT2D eigenvalue weighted by molar-refractivity contribution is -0.0517. The molecular formula is C19H12F6O3S2. The number of alkyl halides is 3.